The minimum absolute atomic E-state index is 0.171. The highest BCUT2D eigenvalue weighted by atomic mass is 79.9. The molecule has 0 fully saturated rings. The van der Waals surface area contributed by atoms with Crippen LogP contribution in [0.5, 0.6) is 0 Å². The Kier molecular flexibility index (Phi) is 4.86. The fourth-order valence-electron chi connectivity index (χ4n) is 3.09. The van der Waals surface area contributed by atoms with Crippen LogP contribution in [0.4, 0.5) is 5.69 Å². The Bertz CT molecular complexity index is 1360. The summed E-state index contributed by atoms with van der Waals surface area (Å²) < 4.78 is 2.60. The molecule has 1 N–H and O–H groups in total. The highest BCUT2D eigenvalue weighted by Gasteiger charge is 2.12. The normalized spacial score (nSPS) is 11.0. The molecule has 0 bridgehead atoms. The van der Waals surface area contributed by atoms with Crippen molar-refractivity contribution in [2.24, 2.45) is 0 Å². The molecule has 0 aliphatic heterocycles. The molecule has 0 unspecified atom stereocenters. The number of carbonyl (C=O) groups excluding carboxylic acids is 1. The molecule has 0 saturated carbocycles. The quantitative estimate of drug-likeness (QED) is 0.370. The van der Waals surface area contributed by atoms with E-state index in [1.54, 1.807) is 28.0 Å². The topological polar surface area (TPSA) is 72.2 Å². The molecule has 0 saturated heterocycles. The summed E-state index contributed by atoms with van der Waals surface area (Å²) in [5.74, 6) is 0.539. The van der Waals surface area contributed by atoms with Gasteiger partial charge in [0.05, 0.1) is 10.6 Å². The molecule has 3 heterocycles. The summed E-state index contributed by atoms with van der Waals surface area (Å²) in [6, 6.07) is 22.6. The second kappa shape index (κ2) is 7.81. The van der Waals surface area contributed by atoms with Gasteiger partial charge in [0.25, 0.3) is 5.91 Å². The van der Waals surface area contributed by atoms with Gasteiger partial charge in [0, 0.05) is 21.3 Å². The summed E-state index contributed by atoms with van der Waals surface area (Å²) in [6.07, 6.45) is 0. The summed E-state index contributed by atoms with van der Waals surface area (Å²) in [4.78, 5) is 13.6. The number of fused-ring (bicyclic) bond motifs is 1. The molecule has 5 aromatic rings. The first-order valence-corrected chi connectivity index (χ1v) is 10.8. The van der Waals surface area contributed by atoms with Crippen LogP contribution in [0, 0.1) is 0 Å². The van der Waals surface area contributed by atoms with Gasteiger partial charge in [0.2, 0.25) is 0 Å². The third-order valence-corrected chi connectivity index (χ3v) is 5.87. The lowest BCUT2D eigenvalue weighted by Crippen LogP contribution is -2.11. The maximum absolute atomic E-state index is 12.6. The van der Waals surface area contributed by atoms with Gasteiger partial charge in [-0.3, -0.25) is 4.79 Å². The van der Waals surface area contributed by atoms with Gasteiger partial charge in [-0.2, -0.15) is 9.61 Å². The van der Waals surface area contributed by atoms with Crippen LogP contribution in [0.3, 0.4) is 0 Å². The first-order valence-electron chi connectivity index (χ1n) is 9.11. The smallest absolute Gasteiger partial charge is 0.255 e. The maximum Gasteiger partial charge on any atom is 0.255 e. The molecule has 1 amide bonds. The van der Waals surface area contributed by atoms with E-state index in [1.807, 2.05) is 66.0 Å². The number of nitrogens with one attached hydrogen (secondary N) is 1. The number of carbonyl (C=O) groups is 1. The van der Waals surface area contributed by atoms with Crippen molar-refractivity contribution >= 4 is 44.5 Å². The molecule has 30 heavy (non-hydrogen) atoms. The molecular weight excluding hydrogens is 462 g/mol. The number of halogens is 1. The van der Waals surface area contributed by atoms with Crippen LogP contribution in [0.25, 0.3) is 27.6 Å². The molecule has 0 aliphatic rings. The molecule has 2 aromatic carbocycles. The fraction of sp³-hybridized carbons (Fsp3) is 0. The zero-order chi connectivity index (χ0) is 20.5. The molecule has 0 radical (unpaired) electrons. The molecular formula is C22H14BrN5OS. The standard InChI is InChI=1S/C22H14BrN5OS/c23-16-6-1-5-15(12-16)22(29)24-17-7-2-4-14(13-17)18-9-10-20-25-26-21(28(20)27-18)19-8-3-11-30-19/h1-13H,(H,24,29). The number of benzene rings is 2. The largest absolute Gasteiger partial charge is 0.322 e. The summed E-state index contributed by atoms with van der Waals surface area (Å²) >= 11 is 4.99. The van der Waals surface area contributed by atoms with Crippen molar-refractivity contribution in [3.05, 3.63) is 88.2 Å². The van der Waals surface area contributed by atoms with E-state index in [-0.39, 0.29) is 5.91 Å². The van der Waals surface area contributed by atoms with Gasteiger partial charge in [-0.05, 0) is 53.9 Å². The predicted molar refractivity (Wildman–Crippen MR) is 122 cm³/mol. The van der Waals surface area contributed by atoms with Crippen molar-refractivity contribution < 1.29 is 4.79 Å². The van der Waals surface area contributed by atoms with Gasteiger partial charge in [0.15, 0.2) is 11.5 Å². The monoisotopic (exact) mass is 475 g/mol. The average molecular weight is 476 g/mol. The van der Waals surface area contributed by atoms with Crippen LogP contribution < -0.4 is 5.32 Å². The Balaban J connectivity index is 1.47. The second-order valence-electron chi connectivity index (χ2n) is 6.53. The van der Waals surface area contributed by atoms with Crippen molar-refractivity contribution in [1.82, 2.24) is 19.8 Å². The number of rotatable bonds is 4. The van der Waals surface area contributed by atoms with Gasteiger partial charge in [-0.25, -0.2) is 0 Å². The highest BCUT2D eigenvalue weighted by Crippen LogP contribution is 2.26. The molecule has 0 aliphatic carbocycles. The minimum atomic E-state index is -0.171. The van der Waals surface area contributed by atoms with Crippen molar-refractivity contribution in [3.63, 3.8) is 0 Å². The van der Waals surface area contributed by atoms with E-state index in [4.69, 9.17) is 5.10 Å². The lowest BCUT2D eigenvalue weighted by molar-refractivity contribution is 0.102. The van der Waals surface area contributed by atoms with Gasteiger partial charge in [0.1, 0.15) is 0 Å². The van der Waals surface area contributed by atoms with E-state index in [1.165, 1.54) is 0 Å². The minimum Gasteiger partial charge on any atom is -0.322 e. The second-order valence-corrected chi connectivity index (χ2v) is 8.40. The number of amides is 1. The Morgan fingerprint density at radius 3 is 2.70 bits per heavy atom. The maximum atomic E-state index is 12.6. The Morgan fingerprint density at radius 1 is 0.967 bits per heavy atom. The highest BCUT2D eigenvalue weighted by molar-refractivity contribution is 9.10. The Morgan fingerprint density at radius 2 is 1.87 bits per heavy atom. The van der Waals surface area contributed by atoms with Crippen LogP contribution in [0.15, 0.2) is 82.6 Å². The fourth-order valence-corrected chi connectivity index (χ4v) is 4.18. The number of hydrogen-bond donors (Lipinski definition) is 1. The first kappa shape index (κ1) is 18.7. The molecule has 8 heteroatoms. The van der Waals surface area contributed by atoms with Crippen LogP contribution in [0.1, 0.15) is 10.4 Å². The molecule has 146 valence electrons. The number of hydrogen-bond acceptors (Lipinski definition) is 5. The van der Waals surface area contributed by atoms with E-state index in [9.17, 15) is 4.79 Å². The van der Waals surface area contributed by atoms with Crippen molar-refractivity contribution in [2.75, 3.05) is 5.32 Å². The lowest BCUT2D eigenvalue weighted by Gasteiger charge is -2.08. The van der Waals surface area contributed by atoms with Crippen molar-refractivity contribution in [2.45, 2.75) is 0 Å². The first-order chi connectivity index (χ1) is 14.7. The van der Waals surface area contributed by atoms with Crippen LogP contribution >= 0.6 is 27.3 Å². The predicted octanol–water partition coefficient (Wildman–Crippen LogP) is 5.53. The van der Waals surface area contributed by atoms with E-state index < -0.39 is 0 Å². The molecule has 0 spiro atoms. The van der Waals surface area contributed by atoms with E-state index in [0.717, 1.165) is 20.6 Å². The Hall–Kier alpha value is -3.36. The number of anilines is 1. The third-order valence-electron chi connectivity index (χ3n) is 4.51. The number of thiophene rings is 1. The van der Waals surface area contributed by atoms with Crippen LogP contribution in [-0.2, 0) is 0 Å². The van der Waals surface area contributed by atoms with Gasteiger partial charge in [-0.1, -0.05) is 40.2 Å². The summed E-state index contributed by atoms with van der Waals surface area (Å²) in [5.41, 5.74) is 3.61. The van der Waals surface area contributed by atoms with E-state index in [2.05, 4.69) is 31.4 Å². The van der Waals surface area contributed by atoms with Crippen molar-refractivity contribution in [3.8, 4) is 22.0 Å². The Labute approximate surface area is 184 Å². The SMILES string of the molecule is O=C(Nc1cccc(-c2ccc3nnc(-c4cccs4)n3n2)c1)c1cccc(Br)c1. The van der Waals surface area contributed by atoms with E-state index in [0.29, 0.717) is 22.7 Å². The molecule has 6 nitrogen and oxygen atoms in total. The van der Waals surface area contributed by atoms with Crippen LogP contribution in [-0.4, -0.2) is 25.7 Å². The number of aromatic nitrogens is 4. The zero-order valence-electron chi connectivity index (χ0n) is 15.5. The summed E-state index contributed by atoms with van der Waals surface area (Å²) in [5, 5.41) is 18.1. The molecule has 0 atom stereocenters. The lowest BCUT2D eigenvalue weighted by atomic mass is 10.1. The van der Waals surface area contributed by atoms with E-state index >= 15 is 0 Å². The zero-order valence-corrected chi connectivity index (χ0v) is 17.9. The van der Waals surface area contributed by atoms with Gasteiger partial charge < -0.3 is 5.32 Å². The molecule has 5 rings (SSSR count). The van der Waals surface area contributed by atoms with Gasteiger partial charge >= 0.3 is 0 Å². The van der Waals surface area contributed by atoms with Crippen molar-refractivity contribution in [1.29, 1.82) is 0 Å². The third kappa shape index (κ3) is 3.62. The van der Waals surface area contributed by atoms with Gasteiger partial charge in [-0.15, -0.1) is 21.5 Å². The van der Waals surface area contributed by atoms with Crippen LogP contribution in [0.2, 0.25) is 0 Å². The average Bonchev–Trinajstić information content (AvgIpc) is 3.43. The summed E-state index contributed by atoms with van der Waals surface area (Å²) in [6.45, 7) is 0. The molecule has 3 aromatic heterocycles. The number of nitrogens with zero attached hydrogens (tertiary/aromatic N) is 4. The summed E-state index contributed by atoms with van der Waals surface area (Å²) in [7, 11) is 0.